The summed E-state index contributed by atoms with van der Waals surface area (Å²) >= 11 is 0. The summed E-state index contributed by atoms with van der Waals surface area (Å²) in [6.07, 6.45) is 1.93. The van der Waals surface area contributed by atoms with Crippen LogP contribution in [-0.2, 0) is 15.8 Å². The predicted molar refractivity (Wildman–Crippen MR) is 95.1 cm³/mol. The zero-order chi connectivity index (χ0) is 19.6. The molecule has 0 radical (unpaired) electrons. The molecule has 5 N–H and O–H groups in total. The molecule has 0 saturated heterocycles. The van der Waals surface area contributed by atoms with E-state index in [1.165, 1.54) is 38.4 Å². The molecule has 1 aromatic rings. The van der Waals surface area contributed by atoms with E-state index >= 15 is 0 Å². The zero-order valence-electron chi connectivity index (χ0n) is 15.0. The molecule has 2 rings (SSSR count). The van der Waals surface area contributed by atoms with Crippen LogP contribution in [0.2, 0.25) is 0 Å². The van der Waals surface area contributed by atoms with E-state index < -0.39 is 23.8 Å². The fourth-order valence-electron chi connectivity index (χ4n) is 3.12. The van der Waals surface area contributed by atoms with Crippen molar-refractivity contribution in [2.45, 2.75) is 57.2 Å². The molecule has 1 unspecified atom stereocenters. The number of carbonyl (C=O) groups excluding carboxylic acids is 1. The standard InChI is InChI=1S/C17H23F3N2O2.CH5N/c18-17(19,20)13-7-4-8-14(11-13)22-16(23)15(24-21)10-9-12-5-2-1-3-6-12;1-2/h4,7-8,11-12,15H,1-3,5-6,9-10,21H2,(H,22,23);2H2,1H3. The minimum absolute atomic E-state index is 0.0783. The van der Waals surface area contributed by atoms with Crippen LogP contribution in [0.1, 0.15) is 50.5 Å². The van der Waals surface area contributed by atoms with E-state index in [0.717, 1.165) is 31.4 Å². The topological polar surface area (TPSA) is 90.4 Å². The third-order valence-electron chi connectivity index (χ3n) is 4.48. The highest BCUT2D eigenvalue weighted by Gasteiger charge is 2.30. The Hall–Kier alpha value is -1.64. The molecule has 0 bridgehead atoms. The summed E-state index contributed by atoms with van der Waals surface area (Å²) in [6.45, 7) is 0. The average molecular weight is 375 g/mol. The molecule has 1 aliphatic carbocycles. The molecule has 0 heterocycles. The van der Waals surface area contributed by atoms with E-state index in [4.69, 9.17) is 10.7 Å². The van der Waals surface area contributed by atoms with Crippen LogP contribution in [0.5, 0.6) is 0 Å². The Morgan fingerprint density at radius 1 is 1.27 bits per heavy atom. The van der Waals surface area contributed by atoms with Crippen LogP contribution in [0.15, 0.2) is 24.3 Å². The summed E-state index contributed by atoms with van der Waals surface area (Å²) in [5.74, 6) is 5.25. The van der Waals surface area contributed by atoms with E-state index in [1.54, 1.807) is 0 Å². The average Bonchev–Trinajstić information content (AvgIpc) is 2.64. The van der Waals surface area contributed by atoms with Crippen molar-refractivity contribution >= 4 is 11.6 Å². The number of hydrogen-bond acceptors (Lipinski definition) is 4. The number of anilines is 1. The van der Waals surface area contributed by atoms with E-state index in [0.29, 0.717) is 12.3 Å². The third-order valence-corrected chi connectivity index (χ3v) is 4.48. The van der Waals surface area contributed by atoms with Gasteiger partial charge in [0, 0.05) is 5.69 Å². The highest BCUT2D eigenvalue weighted by atomic mass is 19.4. The van der Waals surface area contributed by atoms with Crippen molar-refractivity contribution in [2.75, 3.05) is 12.4 Å². The third kappa shape index (κ3) is 7.31. The van der Waals surface area contributed by atoms with E-state index in [2.05, 4.69) is 11.1 Å². The van der Waals surface area contributed by atoms with E-state index in [1.807, 2.05) is 0 Å². The SMILES string of the molecule is CN.NOC(CCC1CCCCC1)C(=O)Nc1cccc(C(F)(F)F)c1. The molecule has 1 fully saturated rings. The minimum atomic E-state index is -4.45. The number of nitrogens with two attached hydrogens (primary N) is 2. The first kappa shape index (κ1) is 22.4. The Bertz CT molecular complexity index is 547. The fourth-order valence-corrected chi connectivity index (χ4v) is 3.12. The lowest BCUT2D eigenvalue weighted by Gasteiger charge is -2.23. The first-order valence-electron chi connectivity index (χ1n) is 8.81. The summed E-state index contributed by atoms with van der Waals surface area (Å²) in [6, 6.07) is 4.50. The van der Waals surface area contributed by atoms with Crippen LogP contribution in [0.3, 0.4) is 0 Å². The van der Waals surface area contributed by atoms with Gasteiger partial charge in [0.2, 0.25) is 0 Å². The van der Waals surface area contributed by atoms with Gasteiger partial charge in [0.05, 0.1) is 5.56 Å². The molecule has 148 valence electrons. The summed E-state index contributed by atoms with van der Waals surface area (Å²) < 4.78 is 38.1. The predicted octanol–water partition coefficient (Wildman–Crippen LogP) is 3.84. The monoisotopic (exact) mass is 375 g/mol. The van der Waals surface area contributed by atoms with Gasteiger partial charge in [0.1, 0.15) is 0 Å². The fraction of sp³-hybridized carbons (Fsp3) is 0.611. The second-order valence-electron chi connectivity index (χ2n) is 6.27. The van der Waals surface area contributed by atoms with Crippen molar-refractivity contribution in [3.05, 3.63) is 29.8 Å². The number of hydrogen-bond donors (Lipinski definition) is 3. The highest BCUT2D eigenvalue weighted by Crippen LogP contribution is 2.31. The number of nitrogens with one attached hydrogen (secondary N) is 1. The normalized spacial score (nSPS) is 16.4. The van der Waals surface area contributed by atoms with Crippen molar-refractivity contribution in [1.29, 1.82) is 0 Å². The quantitative estimate of drug-likeness (QED) is 0.659. The first-order valence-corrected chi connectivity index (χ1v) is 8.81. The van der Waals surface area contributed by atoms with E-state index in [-0.39, 0.29) is 5.69 Å². The number of halogens is 3. The Balaban J connectivity index is 0.00000163. The van der Waals surface area contributed by atoms with Gasteiger partial charge < -0.3 is 11.1 Å². The molecule has 0 spiro atoms. The summed E-state index contributed by atoms with van der Waals surface area (Å²) in [5.41, 5.74) is 3.77. The molecular weight excluding hydrogens is 347 g/mol. The number of amides is 1. The van der Waals surface area contributed by atoms with Crippen LogP contribution in [0.4, 0.5) is 18.9 Å². The van der Waals surface area contributed by atoms with Gasteiger partial charge >= 0.3 is 6.18 Å². The van der Waals surface area contributed by atoms with Crippen LogP contribution in [0, 0.1) is 5.92 Å². The smallest absolute Gasteiger partial charge is 0.333 e. The Morgan fingerprint density at radius 3 is 2.50 bits per heavy atom. The lowest BCUT2D eigenvalue weighted by molar-refractivity contribution is -0.137. The van der Waals surface area contributed by atoms with Crippen molar-refractivity contribution in [3.8, 4) is 0 Å². The van der Waals surface area contributed by atoms with Crippen molar-refractivity contribution < 1.29 is 22.8 Å². The molecule has 1 amide bonds. The van der Waals surface area contributed by atoms with Crippen LogP contribution in [0.25, 0.3) is 0 Å². The molecule has 5 nitrogen and oxygen atoms in total. The van der Waals surface area contributed by atoms with Crippen LogP contribution < -0.4 is 16.9 Å². The minimum Gasteiger partial charge on any atom is -0.333 e. The molecule has 0 aliphatic heterocycles. The van der Waals surface area contributed by atoms with Gasteiger partial charge in [-0.15, -0.1) is 0 Å². The maximum Gasteiger partial charge on any atom is 0.416 e. The molecule has 1 atom stereocenters. The Labute approximate surface area is 152 Å². The largest absolute Gasteiger partial charge is 0.416 e. The van der Waals surface area contributed by atoms with Gasteiger partial charge in [0.25, 0.3) is 5.91 Å². The van der Waals surface area contributed by atoms with Crippen molar-refractivity contribution in [3.63, 3.8) is 0 Å². The second kappa shape index (κ2) is 11.2. The number of rotatable bonds is 6. The molecule has 1 aliphatic rings. The molecule has 0 aromatic heterocycles. The highest BCUT2D eigenvalue weighted by molar-refractivity contribution is 5.94. The molecule has 1 aromatic carbocycles. The lowest BCUT2D eigenvalue weighted by atomic mass is 9.85. The number of carbonyl (C=O) groups is 1. The maximum absolute atomic E-state index is 12.7. The second-order valence-corrected chi connectivity index (χ2v) is 6.27. The van der Waals surface area contributed by atoms with E-state index in [9.17, 15) is 18.0 Å². The summed E-state index contributed by atoms with van der Waals surface area (Å²) in [5, 5.41) is 2.45. The zero-order valence-corrected chi connectivity index (χ0v) is 15.0. The van der Waals surface area contributed by atoms with Gasteiger partial charge in [-0.05, 0) is 44.0 Å². The lowest BCUT2D eigenvalue weighted by Crippen LogP contribution is -2.33. The van der Waals surface area contributed by atoms with Crippen molar-refractivity contribution in [2.24, 2.45) is 17.5 Å². The van der Waals surface area contributed by atoms with Crippen LogP contribution >= 0.6 is 0 Å². The van der Waals surface area contributed by atoms with Gasteiger partial charge in [-0.3, -0.25) is 9.63 Å². The molecule has 26 heavy (non-hydrogen) atoms. The number of benzene rings is 1. The first-order chi connectivity index (χ1) is 12.4. The van der Waals surface area contributed by atoms with Gasteiger partial charge in [0.15, 0.2) is 6.10 Å². The van der Waals surface area contributed by atoms with Crippen LogP contribution in [-0.4, -0.2) is 19.1 Å². The Morgan fingerprint density at radius 2 is 1.92 bits per heavy atom. The van der Waals surface area contributed by atoms with Gasteiger partial charge in [-0.2, -0.15) is 13.2 Å². The Kier molecular flexibility index (Phi) is 9.61. The molecule has 1 saturated carbocycles. The van der Waals surface area contributed by atoms with Crippen molar-refractivity contribution in [1.82, 2.24) is 0 Å². The maximum atomic E-state index is 12.7. The summed E-state index contributed by atoms with van der Waals surface area (Å²) in [4.78, 5) is 16.9. The van der Waals surface area contributed by atoms with Gasteiger partial charge in [-0.1, -0.05) is 38.2 Å². The molecule has 8 heteroatoms. The van der Waals surface area contributed by atoms with Gasteiger partial charge in [-0.25, -0.2) is 5.90 Å². The summed E-state index contributed by atoms with van der Waals surface area (Å²) in [7, 11) is 1.50. The number of alkyl halides is 3. The molecular formula is C18H28F3N3O2.